The van der Waals surface area contributed by atoms with Crippen molar-refractivity contribution in [1.82, 2.24) is 0 Å². The Hall–Kier alpha value is -0.860. The first-order chi connectivity index (χ1) is 8.60. The molecule has 4 heteroatoms. The molecule has 102 valence electrons. The summed E-state index contributed by atoms with van der Waals surface area (Å²) in [5.41, 5.74) is 0.614. The summed E-state index contributed by atoms with van der Waals surface area (Å²) in [6, 6.07) is 2.83. The molecule has 0 aromatic heterocycles. The third kappa shape index (κ3) is 5.65. The molecule has 0 spiro atoms. The standard InChI is InChI=1S/C10H8Cl2O2.2C2H6/c1-2-10(14)7-4-9(12)8(11)3-6(7)5-13;2*1-2/h3-5H,2H2,1H3;2*1-2H3. The van der Waals surface area contributed by atoms with Crippen LogP contribution in [-0.4, -0.2) is 12.1 Å². The molecule has 1 aromatic rings. The molecule has 1 aromatic carbocycles. The zero-order chi connectivity index (χ0) is 14.7. The van der Waals surface area contributed by atoms with Crippen LogP contribution in [0.15, 0.2) is 12.1 Å². The van der Waals surface area contributed by atoms with Crippen molar-refractivity contribution in [2.24, 2.45) is 0 Å². The van der Waals surface area contributed by atoms with Crippen LogP contribution in [0.1, 0.15) is 61.8 Å². The van der Waals surface area contributed by atoms with Gasteiger partial charge in [-0.1, -0.05) is 57.8 Å². The summed E-state index contributed by atoms with van der Waals surface area (Å²) in [7, 11) is 0. The minimum atomic E-state index is -0.120. The number of Topliss-reactive ketones (excluding diaryl/α,β-unsaturated/α-hetero) is 1. The molecule has 0 fully saturated rings. The molecule has 0 aliphatic carbocycles. The molecule has 0 atom stereocenters. The highest BCUT2D eigenvalue weighted by atomic mass is 35.5. The highest BCUT2D eigenvalue weighted by Gasteiger charge is 2.12. The Labute approximate surface area is 119 Å². The Balaban J connectivity index is 0. The van der Waals surface area contributed by atoms with Crippen molar-refractivity contribution < 1.29 is 9.59 Å². The lowest BCUT2D eigenvalue weighted by atomic mass is 10.0. The first kappa shape index (κ1) is 19.5. The van der Waals surface area contributed by atoms with E-state index in [1.165, 1.54) is 12.1 Å². The van der Waals surface area contributed by atoms with Gasteiger partial charge < -0.3 is 0 Å². The van der Waals surface area contributed by atoms with Gasteiger partial charge in [-0.25, -0.2) is 0 Å². The van der Waals surface area contributed by atoms with Gasteiger partial charge in [-0.15, -0.1) is 0 Å². The number of hydrogen-bond acceptors (Lipinski definition) is 2. The van der Waals surface area contributed by atoms with Crippen molar-refractivity contribution in [2.45, 2.75) is 41.0 Å². The van der Waals surface area contributed by atoms with Crippen molar-refractivity contribution in [3.8, 4) is 0 Å². The number of hydrogen-bond donors (Lipinski definition) is 0. The molecule has 0 unspecified atom stereocenters. The van der Waals surface area contributed by atoms with Gasteiger partial charge >= 0.3 is 0 Å². The number of benzene rings is 1. The number of ketones is 1. The third-order valence-corrected chi connectivity index (χ3v) is 2.56. The predicted octanol–water partition coefficient (Wildman–Crippen LogP) is 5.45. The summed E-state index contributed by atoms with van der Waals surface area (Å²) >= 11 is 11.5. The van der Waals surface area contributed by atoms with Crippen LogP contribution in [0.3, 0.4) is 0 Å². The third-order valence-electron chi connectivity index (χ3n) is 1.84. The zero-order valence-electron chi connectivity index (χ0n) is 11.5. The molecule has 1 rings (SSSR count). The van der Waals surface area contributed by atoms with E-state index >= 15 is 0 Å². The van der Waals surface area contributed by atoms with E-state index in [0.29, 0.717) is 18.3 Å². The molecular weight excluding hydrogens is 271 g/mol. The largest absolute Gasteiger partial charge is 0.298 e. The summed E-state index contributed by atoms with van der Waals surface area (Å²) in [5.74, 6) is -0.120. The second-order valence-electron chi connectivity index (χ2n) is 2.75. The molecular formula is C14H20Cl2O2. The molecule has 0 saturated carbocycles. The zero-order valence-corrected chi connectivity index (χ0v) is 13.0. The minimum Gasteiger partial charge on any atom is -0.298 e. The highest BCUT2D eigenvalue weighted by molar-refractivity contribution is 6.42. The summed E-state index contributed by atoms with van der Waals surface area (Å²) < 4.78 is 0. The van der Waals surface area contributed by atoms with E-state index in [2.05, 4.69) is 0 Å². The first-order valence-electron chi connectivity index (χ1n) is 6.07. The maximum absolute atomic E-state index is 11.4. The molecule has 0 heterocycles. The van der Waals surface area contributed by atoms with Gasteiger partial charge in [0.15, 0.2) is 12.1 Å². The molecule has 0 aliphatic rings. The van der Waals surface area contributed by atoms with Crippen LogP contribution in [0, 0.1) is 0 Å². The number of carbonyl (C=O) groups excluding carboxylic acids is 2. The van der Waals surface area contributed by atoms with E-state index < -0.39 is 0 Å². The summed E-state index contributed by atoms with van der Waals surface area (Å²) in [4.78, 5) is 22.1. The Morgan fingerprint density at radius 2 is 1.56 bits per heavy atom. The average Bonchev–Trinajstić information content (AvgIpc) is 2.44. The number of aldehydes is 1. The van der Waals surface area contributed by atoms with Crippen molar-refractivity contribution in [3.63, 3.8) is 0 Å². The Kier molecular flexibility index (Phi) is 12.2. The van der Waals surface area contributed by atoms with Crippen LogP contribution in [0.2, 0.25) is 10.0 Å². The average molecular weight is 291 g/mol. The monoisotopic (exact) mass is 290 g/mol. The smallest absolute Gasteiger partial charge is 0.163 e. The van der Waals surface area contributed by atoms with Crippen LogP contribution in [0.25, 0.3) is 0 Å². The molecule has 0 radical (unpaired) electrons. The summed E-state index contributed by atoms with van der Waals surface area (Å²) in [6.07, 6.45) is 0.934. The first-order valence-corrected chi connectivity index (χ1v) is 6.83. The molecule has 2 nitrogen and oxygen atoms in total. The van der Waals surface area contributed by atoms with Gasteiger partial charge in [-0.05, 0) is 12.1 Å². The number of carbonyl (C=O) groups is 2. The van der Waals surface area contributed by atoms with Gasteiger partial charge in [-0.2, -0.15) is 0 Å². The second-order valence-corrected chi connectivity index (χ2v) is 3.56. The fraction of sp³-hybridized carbons (Fsp3) is 0.429. The molecule has 18 heavy (non-hydrogen) atoms. The fourth-order valence-corrected chi connectivity index (χ4v) is 1.43. The van der Waals surface area contributed by atoms with E-state index in [-0.39, 0.29) is 21.4 Å². The maximum atomic E-state index is 11.4. The van der Waals surface area contributed by atoms with Gasteiger partial charge in [0, 0.05) is 17.5 Å². The van der Waals surface area contributed by atoms with Crippen LogP contribution in [0.4, 0.5) is 0 Å². The molecule has 0 saturated heterocycles. The van der Waals surface area contributed by atoms with Gasteiger partial charge in [0.2, 0.25) is 0 Å². The van der Waals surface area contributed by atoms with Gasteiger partial charge in [0.1, 0.15) is 0 Å². The predicted molar refractivity (Wildman–Crippen MR) is 79.2 cm³/mol. The van der Waals surface area contributed by atoms with E-state index in [1.54, 1.807) is 6.92 Å². The van der Waals surface area contributed by atoms with Crippen LogP contribution >= 0.6 is 23.2 Å². The number of halogens is 2. The van der Waals surface area contributed by atoms with E-state index in [9.17, 15) is 9.59 Å². The second kappa shape index (κ2) is 11.2. The molecule has 0 amide bonds. The van der Waals surface area contributed by atoms with E-state index in [0.717, 1.165) is 0 Å². The Morgan fingerprint density at radius 1 is 1.11 bits per heavy atom. The maximum Gasteiger partial charge on any atom is 0.163 e. The SMILES string of the molecule is CC.CC.CCC(=O)c1cc(Cl)c(Cl)cc1C=O. The van der Waals surface area contributed by atoms with Crippen molar-refractivity contribution in [3.05, 3.63) is 33.3 Å². The molecule has 0 bridgehead atoms. The van der Waals surface area contributed by atoms with E-state index in [1.807, 2.05) is 27.7 Å². The van der Waals surface area contributed by atoms with Crippen molar-refractivity contribution in [1.29, 1.82) is 0 Å². The van der Waals surface area contributed by atoms with Gasteiger partial charge in [0.05, 0.1) is 10.0 Å². The Bertz CT molecular complexity index is 388. The molecule has 0 aliphatic heterocycles. The topological polar surface area (TPSA) is 34.1 Å². The van der Waals surface area contributed by atoms with Gasteiger partial charge in [0.25, 0.3) is 0 Å². The minimum absolute atomic E-state index is 0.120. The lowest BCUT2D eigenvalue weighted by Gasteiger charge is -2.04. The van der Waals surface area contributed by atoms with Crippen LogP contribution < -0.4 is 0 Å². The van der Waals surface area contributed by atoms with Crippen LogP contribution in [-0.2, 0) is 0 Å². The summed E-state index contributed by atoms with van der Waals surface area (Å²) in [6.45, 7) is 9.72. The summed E-state index contributed by atoms with van der Waals surface area (Å²) in [5, 5.41) is 0.565. The van der Waals surface area contributed by atoms with Crippen molar-refractivity contribution in [2.75, 3.05) is 0 Å². The Morgan fingerprint density at radius 3 is 1.94 bits per heavy atom. The van der Waals surface area contributed by atoms with E-state index in [4.69, 9.17) is 23.2 Å². The number of rotatable bonds is 3. The highest BCUT2D eigenvalue weighted by Crippen LogP contribution is 2.25. The van der Waals surface area contributed by atoms with Crippen LogP contribution in [0.5, 0.6) is 0 Å². The normalized spacial score (nSPS) is 8.39. The lowest BCUT2D eigenvalue weighted by Crippen LogP contribution is -2.01. The van der Waals surface area contributed by atoms with Gasteiger partial charge in [-0.3, -0.25) is 9.59 Å². The lowest BCUT2D eigenvalue weighted by molar-refractivity contribution is 0.0981. The molecule has 0 N–H and O–H groups in total. The quantitative estimate of drug-likeness (QED) is 0.548. The van der Waals surface area contributed by atoms with Crippen molar-refractivity contribution >= 4 is 35.3 Å². The fourth-order valence-electron chi connectivity index (χ4n) is 1.09.